The fraction of sp³-hybridized carbons (Fsp3) is 0.588. The zero-order chi connectivity index (χ0) is 17.7. The second-order valence-corrected chi connectivity index (χ2v) is 7.23. The summed E-state index contributed by atoms with van der Waals surface area (Å²) in [4.78, 5) is 18.3. The monoisotopic (exact) mass is 354 g/mol. The standard InChI is InChI=1S/C17H22N8O/c1-3-24-10-20-15-16(24)18-9-19-17(15)25-6-12-4-23(5-13(12)7-25)8-14-22-21-11(2)26-14/h9-10,12-13H,3-8H2,1-2H3. The molecule has 0 bridgehead atoms. The van der Waals surface area contributed by atoms with E-state index in [9.17, 15) is 0 Å². The zero-order valence-corrected chi connectivity index (χ0v) is 15.0. The van der Waals surface area contributed by atoms with Crippen molar-refractivity contribution in [2.24, 2.45) is 11.8 Å². The van der Waals surface area contributed by atoms with Crippen LogP contribution in [-0.4, -0.2) is 60.8 Å². The van der Waals surface area contributed by atoms with Gasteiger partial charge in [0.1, 0.15) is 6.33 Å². The summed E-state index contributed by atoms with van der Waals surface area (Å²) in [5.41, 5.74) is 1.83. The Morgan fingerprint density at radius 1 is 1.08 bits per heavy atom. The molecule has 9 nitrogen and oxygen atoms in total. The Morgan fingerprint density at radius 2 is 1.88 bits per heavy atom. The summed E-state index contributed by atoms with van der Waals surface area (Å²) in [6, 6.07) is 0. The molecule has 3 aromatic heterocycles. The fourth-order valence-corrected chi connectivity index (χ4v) is 4.32. The molecule has 136 valence electrons. The first-order valence-electron chi connectivity index (χ1n) is 9.13. The molecule has 0 amide bonds. The maximum atomic E-state index is 5.52. The normalized spacial score (nSPS) is 23.2. The third-order valence-corrected chi connectivity index (χ3v) is 5.51. The predicted octanol–water partition coefficient (Wildman–Crippen LogP) is 1.11. The maximum absolute atomic E-state index is 5.52. The quantitative estimate of drug-likeness (QED) is 0.688. The highest BCUT2D eigenvalue weighted by atomic mass is 16.4. The van der Waals surface area contributed by atoms with Gasteiger partial charge in [-0.25, -0.2) is 15.0 Å². The van der Waals surface area contributed by atoms with Crippen molar-refractivity contribution in [3.63, 3.8) is 0 Å². The van der Waals surface area contributed by atoms with E-state index < -0.39 is 0 Å². The Kier molecular flexibility index (Phi) is 3.63. The Labute approximate surface area is 151 Å². The number of fused-ring (bicyclic) bond motifs is 2. The van der Waals surface area contributed by atoms with Crippen LogP contribution >= 0.6 is 0 Å². The van der Waals surface area contributed by atoms with Crippen LogP contribution in [0.5, 0.6) is 0 Å². The highest BCUT2D eigenvalue weighted by Crippen LogP contribution is 2.35. The molecule has 9 heteroatoms. The Morgan fingerprint density at radius 3 is 2.58 bits per heavy atom. The van der Waals surface area contributed by atoms with E-state index in [1.165, 1.54) is 0 Å². The first-order valence-corrected chi connectivity index (χ1v) is 9.13. The topological polar surface area (TPSA) is 89.0 Å². The molecular weight excluding hydrogens is 332 g/mol. The molecule has 0 saturated carbocycles. The number of aryl methyl sites for hydroxylation is 2. The summed E-state index contributed by atoms with van der Waals surface area (Å²) in [5.74, 6) is 3.58. The van der Waals surface area contributed by atoms with Crippen LogP contribution in [0.15, 0.2) is 17.1 Å². The van der Waals surface area contributed by atoms with E-state index in [-0.39, 0.29) is 0 Å². The van der Waals surface area contributed by atoms with Crippen LogP contribution < -0.4 is 4.90 Å². The summed E-state index contributed by atoms with van der Waals surface area (Å²) < 4.78 is 7.58. The Bertz CT molecular complexity index is 920. The van der Waals surface area contributed by atoms with E-state index in [1.807, 2.05) is 13.3 Å². The molecule has 0 spiro atoms. The lowest BCUT2D eigenvalue weighted by Crippen LogP contribution is -2.29. The summed E-state index contributed by atoms with van der Waals surface area (Å²) in [5, 5.41) is 8.03. The molecule has 2 aliphatic heterocycles. The van der Waals surface area contributed by atoms with Crippen molar-refractivity contribution >= 4 is 17.0 Å². The summed E-state index contributed by atoms with van der Waals surface area (Å²) in [7, 11) is 0. The maximum Gasteiger partial charge on any atom is 0.230 e. The zero-order valence-electron chi connectivity index (χ0n) is 15.0. The van der Waals surface area contributed by atoms with Gasteiger partial charge in [-0.3, -0.25) is 4.90 Å². The van der Waals surface area contributed by atoms with Crippen LogP contribution in [0.4, 0.5) is 5.82 Å². The van der Waals surface area contributed by atoms with Crippen LogP contribution in [0.25, 0.3) is 11.2 Å². The molecule has 0 aliphatic carbocycles. The van der Waals surface area contributed by atoms with Gasteiger partial charge in [-0.1, -0.05) is 0 Å². The molecule has 0 N–H and O–H groups in total. The molecule has 0 aromatic carbocycles. The highest BCUT2D eigenvalue weighted by Gasteiger charge is 2.41. The molecule has 26 heavy (non-hydrogen) atoms. The van der Waals surface area contributed by atoms with Crippen molar-refractivity contribution in [1.82, 2.24) is 34.6 Å². The number of likely N-dealkylation sites (tertiary alicyclic amines) is 1. The third-order valence-electron chi connectivity index (χ3n) is 5.51. The van der Waals surface area contributed by atoms with Crippen molar-refractivity contribution in [3.05, 3.63) is 24.4 Å². The van der Waals surface area contributed by atoms with Crippen LogP contribution in [-0.2, 0) is 13.1 Å². The smallest absolute Gasteiger partial charge is 0.230 e. The van der Waals surface area contributed by atoms with Crippen molar-refractivity contribution < 1.29 is 4.42 Å². The minimum absolute atomic E-state index is 0.630. The number of rotatable bonds is 4. The lowest BCUT2D eigenvalue weighted by molar-refractivity contribution is 0.271. The molecular formula is C17H22N8O. The van der Waals surface area contributed by atoms with Crippen LogP contribution in [0, 0.1) is 18.8 Å². The molecule has 5 rings (SSSR count). The van der Waals surface area contributed by atoms with Crippen LogP contribution in [0.3, 0.4) is 0 Å². The summed E-state index contributed by atoms with van der Waals surface area (Å²) >= 11 is 0. The predicted molar refractivity (Wildman–Crippen MR) is 94.5 cm³/mol. The van der Waals surface area contributed by atoms with E-state index in [0.717, 1.165) is 56.3 Å². The highest BCUT2D eigenvalue weighted by molar-refractivity contribution is 5.83. The van der Waals surface area contributed by atoms with E-state index in [1.54, 1.807) is 6.33 Å². The van der Waals surface area contributed by atoms with Gasteiger partial charge in [0.15, 0.2) is 17.0 Å². The summed E-state index contributed by atoms with van der Waals surface area (Å²) in [6.07, 6.45) is 3.51. The molecule has 0 radical (unpaired) electrons. The lowest BCUT2D eigenvalue weighted by atomic mass is 10.0. The molecule has 2 atom stereocenters. The minimum atomic E-state index is 0.630. The number of anilines is 1. The molecule has 3 aromatic rings. The lowest BCUT2D eigenvalue weighted by Gasteiger charge is -2.21. The van der Waals surface area contributed by atoms with Crippen molar-refractivity contribution in [1.29, 1.82) is 0 Å². The minimum Gasteiger partial charge on any atom is -0.424 e. The number of imidazole rings is 1. The number of hydrogen-bond acceptors (Lipinski definition) is 8. The SMILES string of the molecule is CCn1cnc2c(N3CC4CN(Cc5nnc(C)o5)CC4C3)ncnc21. The van der Waals surface area contributed by atoms with Gasteiger partial charge in [-0.2, -0.15) is 0 Å². The Balaban J connectivity index is 1.30. The van der Waals surface area contributed by atoms with Gasteiger partial charge in [0, 0.05) is 39.6 Å². The average molecular weight is 354 g/mol. The first-order chi connectivity index (χ1) is 12.7. The average Bonchev–Trinajstić information content (AvgIpc) is 3.37. The summed E-state index contributed by atoms with van der Waals surface area (Å²) in [6.45, 7) is 9.66. The third kappa shape index (κ3) is 2.54. The number of aromatic nitrogens is 6. The number of hydrogen-bond donors (Lipinski definition) is 0. The molecule has 2 unspecified atom stereocenters. The van der Waals surface area contributed by atoms with Gasteiger partial charge in [0.25, 0.3) is 0 Å². The van der Waals surface area contributed by atoms with Gasteiger partial charge >= 0.3 is 0 Å². The Hall–Kier alpha value is -2.55. The molecule has 2 aliphatic rings. The van der Waals surface area contributed by atoms with Gasteiger partial charge in [0.05, 0.1) is 12.9 Å². The van der Waals surface area contributed by atoms with E-state index in [2.05, 4.69) is 46.4 Å². The van der Waals surface area contributed by atoms with Crippen molar-refractivity contribution in [2.45, 2.75) is 26.9 Å². The number of nitrogens with zero attached hydrogens (tertiary/aromatic N) is 8. The van der Waals surface area contributed by atoms with E-state index in [4.69, 9.17) is 4.42 Å². The molecule has 2 fully saturated rings. The first kappa shape index (κ1) is 15.7. The largest absolute Gasteiger partial charge is 0.424 e. The van der Waals surface area contributed by atoms with E-state index in [0.29, 0.717) is 23.6 Å². The van der Waals surface area contributed by atoms with Crippen molar-refractivity contribution in [3.8, 4) is 0 Å². The van der Waals surface area contributed by atoms with Gasteiger partial charge in [-0.05, 0) is 18.8 Å². The molecule has 5 heterocycles. The van der Waals surface area contributed by atoms with Gasteiger partial charge < -0.3 is 13.9 Å². The fourth-order valence-electron chi connectivity index (χ4n) is 4.32. The van der Waals surface area contributed by atoms with Gasteiger partial charge in [0.2, 0.25) is 11.8 Å². The van der Waals surface area contributed by atoms with Gasteiger partial charge in [-0.15, -0.1) is 10.2 Å². The second kappa shape index (κ2) is 6.01. The van der Waals surface area contributed by atoms with Crippen LogP contribution in [0.2, 0.25) is 0 Å². The van der Waals surface area contributed by atoms with Crippen LogP contribution in [0.1, 0.15) is 18.7 Å². The molecule has 2 saturated heterocycles. The van der Waals surface area contributed by atoms with E-state index >= 15 is 0 Å². The van der Waals surface area contributed by atoms with Crippen molar-refractivity contribution in [2.75, 3.05) is 31.1 Å². The second-order valence-electron chi connectivity index (χ2n) is 7.23.